The molecule has 0 radical (unpaired) electrons. The zero-order valence-electron chi connectivity index (χ0n) is 16.9. The average Bonchev–Trinajstić information content (AvgIpc) is 2.62. The molecule has 26 heavy (non-hydrogen) atoms. The summed E-state index contributed by atoms with van der Waals surface area (Å²) in [7, 11) is 0. The van der Waals surface area contributed by atoms with E-state index in [-0.39, 0.29) is 36.0 Å². The van der Waals surface area contributed by atoms with Crippen molar-refractivity contribution in [3.05, 3.63) is 0 Å². The van der Waals surface area contributed by atoms with Gasteiger partial charge >= 0.3 is 0 Å². The van der Waals surface area contributed by atoms with Crippen LogP contribution in [0.15, 0.2) is 4.99 Å². The third-order valence-electron chi connectivity index (χ3n) is 6.11. The molecule has 2 fully saturated rings. The van der Waals surface area contributed by atoms with E-state index in [0.29, 0.717) is 6.04 Å². The molecule has 0 amide bonds. The van der Waals surface area contributed by atoms with Crippen LogP contribution in [0.2, 0.25) is 0 Å². The number of likely N-dealkylation sites (tertiary alicyclic amines) is 1. The Balaban J connectivity index is 0.00000338. The van der Waals surface area contributed by atoms with Gasteiger partial charge in [-0.1, -0.05) is 25.7 Å². The number of guanidine groups is 1. The lowest BCUT2D eigenvalue weighted by atomic mass is 9.72. The van der Waals surface area contributed by atoms with E-state index in [4.69, 9.17) is 4.99 Å². The topological polar surface area (TPSA) is 59.9 Å². The van der Waals surface area contributed by atoms with Crippen LogP contribution in [0.1, 0.15) is 71.6 Å². The van der Waals surface area contributed by atoms with Crippen LogP contribution in [0, 0.1) is 5.41 Å². The van der Waals surface area contributed by atoms with Crippen molar-refractivity contribution >= 4 is 29.9 Å². The van der Waals surface area contributed by atoms with Gasteiger partial charge in [0.15, 0.2) is 5.96 Å². The van der Waals surface area contributed by atoms with E-state index in [9.17, 15) is 5.11 Å². The van der Waals surface area contributed by atoms with Crippen molar-refractivity contribution in [1.82, 2.24) is 15.5 Å². The third-order valence-corrected chi connectivity index (χ3v) is 6.11. The minimum absolute atomic E-state index is 0. The summed E-state index contributed by atoms with van der Waals surface area (Å²) < 4.78 is 0. The summed E-state index contributed by atoms with van der Waals surface area (Å²) in [4.78, 5) is 7.49. The van der Waals surface area contributed by atoms with E-state index in [2.05, 4.69) is 29.4 Å². The molecular weight excluding hydrogens is 439 g/mol. The maximum absolute atomic E-state index is 9.48. The zero-order valence-corrected chi connectivity index (χ0v) is 19.3. The molecule has 1 saturated carbocycles. The van der Waals surface area contributed by atoms with E-state index in [1.165, 1.54) is 57.9 Å². The standard InChI is InChI=1S/C20H40N4O.HI/c1-3-21-19(22-13-15-24-14-8-5-9-18(24)2)23-17-20(12-16-25)10-6-4-7-11-20;/h18,25H,3-17H2,1-2H3,(H2,21,22,23);1H. The Kier molecular flexibility index (Phi) is 12.1. The Hall–Kier alpha value is -0.0800. The quantitative estimate of drug-likeness (QED) is 0.283. The fourth-order valence-corrected chi connectivity index (χ4v) is 4.42. The smallest absolute Gasteiger partial charge is 0.191 e. The minimum Gasteiger partial charge on any atom is -0.396 e. The van der Waals surface area contributed by atoms with Crippen LogP contribution >= 0.6 is 24.0 Å². The SMILES string of the molecule is CCNC(=NCC1(CCO)CCCCC1)NCCN1CCCCC1C.I. The summed E-state index contributed by atoms with van der Waals surface area (Å²) in [5, 5.41) is 16.4. The van der Waals surface area contributed by atoms with Crippen LogP contribution in [-0.4, -0.2) is 61.3 Å². The Morgan fingerprint density at radius 3 is 2.58 bits per heavy atom. The molecular formula is C20H41IN4O. The molecule has 1 heterocycles. The number of nitrogens with zero attached hydrogens (tertiary/aromatic N) is 2. The molecule has 0 aromatic rings. The highest BCUT2D eigenvalue weighted by molar-refractivity contribution is 14.0. The third kappa shape index (κ3) is 7.89. The van der Waals surface area contributed by atoms with Crippen LogP contribution in [0.3, 0.4) is 0 Å². The van der Waals surface area contributed by atoms with Gasteiger partial charge < -0.3 is 15.7 Å². The van der Waals surface area contributed by atoms with Gasteiger partial charge in [-0.05, 0) is 57.9 Å². The molecule has 2 aliphatic rings. The number of aliphatic hydroxyl groups excluding tert-OH is 1. The molecule has 3 N–H and O–H groups in total. The second-order valence-corrected chi connectivity index (χ2v) is 8.04. The molecule has 1 unspecified atom stereocenters. The second-order valence-electron chi connectivity index (χ2n) is 8.04. The lowest BCUT2D eigenvalue weighted by Gasteiger charge is -2.36. The van der Waals surface area contributed by atoms with Gasteiger partial charge in [0.2, 0.25) is 0 Å². The van der Waals surface area contributed by atoms with E-state index in [0.717, 1.165) is 38.6 Å². The molecule has 6 heteroatoms. The number of aliphatic imine (C=N–C) groups is 1. The first kappa shape index (κ1) is 24.0. The lowest BCUT2D eigenvalue weighted by molar-refractivity contribution is 0.137. The Morgan fingerprint density at radius 1 is 1.15 bits per heavy atom. The van der Waals surface area contributed by atoms with E-state index < -0.39 is 0 Å². The predicted octanol–water partition coefficient (Wildman–Crippen LogP) is 3.37. The first-order chi connectivity index (χ1) is 12.2. The monoisotopic (exact) mass is 480 g/mol. The van der Waals surface area contributed by atoms with E-state index >= 15 is 0 Å². The van der Waals surface area contributed by atoms with E-state index in [1.807, 2.05) is 0 Å². The largest absolute Gasteiger partial charge is 0.396 e. The number of aliphatic hydroxyl groups is 1. The maximum Gasteiger partial charge on any atom is 0.191 e. The molecule has 0 aromatic heterocycles. The van der Waals surface area contributed by atoms with E-state index in [1.54, 1.807) is 0 Å². The molecule has 1 aliphatic carbocycles. The zero-order chi connectivity index (χ0) is 18.0. The number of rotatable bonds is 8. The molecule has 1 aliphatic heterocycles. The summed E-state index contributed by atoms with van der Waals surface area (Å²) in [6.45, 7) is 9.75. The van der Waals surface area contributed by atoms with Crippen LogP contribution in [-0.2, 0) is 0 Å². The van der Waals surface area contributed by atoms with Gasteiger partial charge in [0.05, 0.1) is 0 Å². The fourth-order valence-electron chi connectivity index (χ4n) is 4.42. The average molecular weight is 480 g/mol. The van der Waals surface area contributed by atoms with Gasteiger partial charge in [-0.2, -0.15) is 0 Å². The summed E-state index contributed by atoms with van der Waals surface area (Å²) >= 11 is 0. The van der Waals surface area contributed by atoms with Crippen molar-refractivity contribution in [2.24, 2.45) is 10.4 Å². The highest BCUT2D eigenvalue weighted by atomic mass is 127. The van der Waals surface area contributed by atoms with Gasteiger partial charge in [-0.25, -0.2) is 0 Å². The number of piperidine rings is 1. The lowest BCUT2D eigenvalue weighted by Crippen LogP contribution is -2.45. The van der Waals surface area contributed by atoms with Crippen molar-refractivity contribution in [1.29, 1.82) is 0 Å². The van der Waals surface area contributed by atoms with Crippen molar-refractivity contribution in [2.45, 2.75) is 77.7 Å². The number of nitrogens with one attached hydrogen (secondary N) is 2. The van der Waals surface area contributed by atoms with Crippen molar-refractivity contribution < 1.29 is 5.11 Å². The fraction of sp³-hybridized carbons (Fsp3) is 0.950. The van der Waals surface area contributed by atoms with Gasteiger partial charge in [-0.3, -0.25) is 9.89 Å². The van der Waals surface area contributed by atoms with Crippen molar-refractivity contribution in [3.8, 4) is 0 Å². The molecule has 1 saturated heterocycles. The molecule has 154 valence electrons. The molecule has 2 rings (SSSR count). The molecule has 1 atom stereocenters. The van der Waals surface area contributed by atoms with Crippen LogP contribution < -0.4 is 10.6 Å². The second kappa shape index (κ2) is 13.2. The first-order valence-corrected chi connectivity index (χ1v) is 10.6. The van der Waals surface area contributed by atoms with Gasteiger partial charge in [0.1, 0.15) is 0 Å². The van der Waals surface area contributed by atoms with Crippen molar-refractivity contribution in [2.75, 3.05) is 39.3 Å². The summed E-state index contributed by atoms with van der Waals surface area (Å²) in [5.41, 5.74) is 0.219. The molecule has 5 nitrogen and oxygen atoms in total. The normalized spacial score (nSPS) is 24.0. The first-order valence-electron chi connectivity index (χ1n) is 10.6. The van der Waals surface area contributed by atoms with Gasteiger partial charge in [-0.15, -0.1) is 24.0 Å². The Labute approximate surface area is 177 Å². The maximum atomic E-state index is 9.48. The minimum atomic E-state index is 0. The van der Waals surface area contributed by atoms with Crippen LogP contribution in [0.4, 0.5) is 0 Å². The highest BCUT2D eigenvalue weighted by Crippen LogP contribution is 2.39. The summed E-state index contributed by atoms with van der Waals surface area (Å²) in [6, 6.07) is 0.713. The van der Waals surface area contributed by atoms with Gasteiger partial charge in [0, 0.05) is 38.8 Å². The summed E-state index contributed by atoms with van der Waals surface area (Å²) in [5.74, 6) is 0.940. The summed E-state index contributed by atoms with van der Waals surface area (Å²) in [6.07, 6.45) is 11.3. The van der Waals surface area contributed by atoms with Crippen LogP contribution in [0.25, 0.3) is 0 Å². The Bertz CT molecular complexity index is 394. The number of hydrogen-bond acceptors (Lipinski definition) is 3. The molecule has 0 spiro atoms. The molecule has 0 bridgehead atoms. The Morgan fingerprint density at radius 2 is 1.92 bits per heavy atom. The molecule has 0 aromatic carbocycles. The van der Waals surface area contributed by atoms with Crippen LogP contribution in [0.5, 0.6) is 0 Å². The van der Waals surface area contributed by atoms with Gasteiger partial charge in [0.25, 0.3) is 0 Å². The predicted molar refractivity (Wildman–Crippen MR) is 122 cm³/mol. The van der Waals surface area contributed by atoms with Crippen molar-refractivity contribution in [3.63, 3.8) is 0 Å². The highest BCUT2D eigenvalue weighted by Gasteiger charge is 2.31. The number of hydrogen-bond donors (Lipinski definition) is 3. The number of halogens is 1.